The highest BCUT2D eigenvalue weighted by atomic mass is 16.4. The minimum Gasteiger partial charge on any atom is -0.502 e. The molecule has 2 aromatic heterocycles. The van der Waals surface area contributed by atoms with E-state index in [0.717, 1.165) is 37.4 Å². The molecular formula is C17H20N2O4. The van der Waals surface area contributed by atoms with Gasteiger partial charge >= 0.3 is 0 Å². The molecule has 1 saturated heterocycles. The second-order valence-corrected chi connectivity index (χ2v) is 5.78. The second-order valence-electron chi connectivity index (χ2n) is 5.78. The van der Waals surface area contributed by atoms with Crippen LogP contribution in [0.2, 0.25) is 0 Å². The molecular weight excluding hydrogens is 296 g/mol. The monoisotopic (exact) mass is 316 g/mol. The van der Waals surface area contributed by atoms with Crippen LogP contribution in [0.1, 0.15) is 42.4 Å². The van der Waals surface area contributed by atoms with Crippen molar-refractivity contribution in [1.29, 1.82) is 0 Å². The average Bonchev–Trinajstić information content (AvgIpc) is 2.60. The van der Waals surface area contributed by atoms with Gasteiger partial charge in [-0.25, -0.2) is 0 Å². The third-order valence-electron chi connectivity index (χ3n) is 4.23. The van der Waals surface area contributed by atoms with E-state index in [0.29, 0.717) is 6.54 Å². The van der Waals surface area contributed by atoms with Crippen LogP contribution < -0.4 is 5.43 Å². The molecule has 0 bridgehead atoms. The molecule has 0 spiro atoms. The van der Waals surface area contributed by atoms with Crippen LogP contribution in [0.3, 0.4) is 0 Å². The van der Waals surface area contributed by atoms with Gasteiger partial charge in [-0.2, -0.15) is 0 Å². The number of likely N-dealkylation sites (tertiary alicyclic amines) is 1. The maximum atomic E-state index is 11.8. The Morgan fingerprint density at radius 2 is 2.26 bits per heavy atom. The summed E-state index contributed by atoms with van der Waals surface area (Å²) in [6, 6.07) is 5.25. The number of aliphatic hydroxyl groups excluding tert-OH is 1. The van der Waals surface area contributed by atoms with Gasteiger partial charge in [-0.15, -0.1) is 0 Å². The lowest BCUT2D eigenvalue weighted by molar-refractivity contribution is 0.123. The highest BCUT2D eigenvalue weighted by Crippen LogP contribution is 2.32. The Hall–Kier alpha value is -2.18. The van der Waals surface area contributed by atoms with Crippen molar-refractivity contribution in [2.75, 3.05) is 6.54 Å². The maximum Gasteiger partial charge on any atom is 0.227 e. The van der Waals surface area contributed by atoms with E-state index < -0.39 is 5.43 Å². The van der Waals surface area contributed by atoms with E-state index in [1.807, 2.05) is 18.3 Å². The fourth-order valence-electron chi connectivity index (χ4n) is 3.09. The summed E-state index contributed by atoms with van der Waals surface area (Å²) < 4.78 is 5.47. The molecule has 0 aromatic carbocycles. The van der Waals surface area contributed by atoms with E-state index in [4.69, 9.17) is 4.42 Å². The van der Waals surface area contributed by atoms with Gasteiger partial charge < -0.3 is 14.6 Å². The van der Waals surface area contributed by atoms with E-state index >= 15 is 0 Å². The lowest BCUT2D eigenvalue weighted by atomic mass is 9.96. The first kappa shape index (κ1) is 15.7. The molecule has 6 heteroatoms. The van der Waals surface area contributed by atoms with E-state index in [-0.39, 0.29) is 29.9 Å². The summed E-state index contributed by atoms with van der Waals surface area (Å²) in [5.41, 5.74) is 0.595. The van der Waals surface area contributed by atoms with Crippen LogP contribution in [0.4, 0.5) is 0 Å². The molecule has 122 valence electrons. The summed E-state index contributed by atoms with van der Waals surface area (Å²) in [6.45, 7) is 0.815. The highest BCUT2D eigenvalue weighted by Gasteiger charge is 2.26. The molecule has 2 N–H and O–H groups in total. The Balaban J connectivity index is 1.88. The topological polar surface area (TPSA) is 86.8 Å². The average molecular weight is 316 g/mol. The third kappa shape index (κ3) is 3.43. The number of piperidine rings is 1. The zero-order valence-corrected chi connectivity index (χ0v) is 12.8. The molecule has 3 rings (SSSR count). The number of hydrogen-bond donors (Lipinski definition) is 2. The molecule has 0 radical (unpaired) electrons. The fraction of sp³-hybridized carbons (Fsp3) is 0.412. The Bertz CT molecular complexity index is 714. The first-order valence-electron chi connectivity index (χ1n) is 7.78. The van der Waals surface area contributed by atoms with Crippen molar-refractivity contribution in [3.8, 4) is 5.75 Å². The number of rotatable bonds is 4. The van der Waals surface area contributed by atoms with Crippen LogP contribution in [0.25, 0.3) is 0 Å². The number of aromatic hydroxyl groups is 1. The standard InChI is InChI=1S/C17H20N2O4/c20-11-13-8-15(21)17(22)16(23-13)10-19-7-2-1-5-14(19)12-4-3-6-18-9-12/h3-4,6,8-9,14,20,22H,1-2,5,7,10-11H2. The van der Waals surface area contributed by atoms with Gasteiger partial charge in [-0.1, -0.05) is 12.5 Å². The van der Waals surface area contributed by atoms with Crippen molar-refractivity contribution >= 4 is 0 Å². The van der Waals surface area contributed by atoms with E-state index in [9.17, 15) is 15.0 Å². The molecule has 23 heavy (non-hydrogen) atoms. The van der Waals surface area contributed by atoms with Crippen LogP contribution in [-0.2, 0) is 13.2 Å². The Labute approximate surface area is 134 Å². The number of aliphatic hydroxyl groups is 1. The summed E-state index contributed by atoms with van der Waals surface area (Å²) >= 11 is 0. The van der Waals surface area contributed by atoms with Crippen molar-refractivity contribution in [3.05, 3.63) is 57.9 Å². The molecule has 3 heterocycles. The molecule has 0 amide bonds. The first-order valence-corrected chi connectivity index (χ1v) is 7.78. The Kier molecular flexibility index (Phi) is 4.73. The summed E-state index contributed by atoms with van der Waals surface area (Å²) in [7, 11) is 0. The normalized spacial score (nSPS) is 18.9. The van der Waals surface area contributed by atoms with E-state index in [1.54, 1.807) is 6.20 Å². The van der Waals surface area contributed by atoms with Crippen molar-refractivity contribution in [2.45, 2.75) is 38.5 Å². The van der Waals surface area contributed by atoms with E-state index in [2.05, 4.69) is 9.88 Å². The van der Waals surface area contributed by atoms with E-state index in [1.165, 1.54) is 0 Å². The van der Waals surface area contributed by atoms with Crippen LogP contribution in [0.5, 0.6) is 5.75 Å². The molecule has 1 aliphatic heterocycles. The molecule has 0 aliphatic carbocycles. The summed E-state index contributed by atoms with van der Waals surface area (Å²) in [5.74, 6) is -0.00668. The Morgan fingerprint density at radius 1 is 1.39 bits per heavy atom. The molecule has 2 aromatic rings. The largest absolute Gasteiger partial charge is 0.502 e. The first-order chi connectivity index (χ1) is 11.2. The minimum absolute atomic E-state index is 0.165. The molecule has 1 aliphatic rings. The predicted octanol–water partition coefficient (Wildman–Crippen LogP) is 1.96. The zero-order chi connectivity index (χ0) is 16.2. The summed E-state index contributed by atoms with van der Waals surface area (Å²) in [5, 5.41) is 19.2. The number of nitrogens with zero attached hydrogens (tertiary/aromatic N) is 2. The minimum atomic E-state index is -0.523. The molecule has 1 fully saturated rings. The fourth-order valence-corrected chi connectivity index (χ4v) is 3.09. The van der Waals surface area contributed by atoms with Crippen LogP contribution in [0.15, 0.2) is 39.8 Å². The van der Waals surface area contributed by atoms with Crippen LogP contribution >= 0.6 is 0 Å². The SMILES string of the molecule is O=c1cc(CO)oc(CN2CCCCC2c2cccnc2)c1O. The quantitative estimate of drug-likeness (QED) is 0.896. The molecule has 1 atom stereocenters. The zero-order valence-electron chi connectivity index (χ0n) is 12.8. The van der Waals surface area contributed by atoms with Gasteiger partial charge in [0.2, 0.25) is 11.2 Å². The van der Waals surface area contributed by atoms with Crippen molar-refractivity contribution in [2.24, 2.45) is 0 Å². The lowest BCUT2D eigenvalue weighted by Gasteiger charge is -2.35. The van der Waals surface area contributed by atoms with Crippen LogP contribution in [-0.4, -0.2) is 26.6 Å². The van der Waals surface area contributed by atoms with Gasteiger partial charge in [0, 0.05) is 24.5 Å². The van der Waals surface area contributed by atoms with Gasteiger partial charge in [0.15, 0.2) is 5.76 Å². The smallest absolute Gasteiger partial charge is 0.227 e. The maximum absolute atomic E-state index is 11.8. The van der Waals surface area contributed by atoms with Crippen LogP contribution in [0, 0.1) is 0 Å². The van der Waals surface area contributed by atoms with Gasteiger partial charge in [-0.3, -0.25) is 14.7 Å². The highest BCUT2D eigenvalue weighted by molar-refractivity contribution is 5.25. The second kappa shape index (κ2) is 6.93. The van der Waals surface area contributed by atoms with Crippen molar-refractivity contribution in [1.82, 2.24) is 9.88 Å². The third-order valence-corrected chi connectivity index (χ3v) is 4.23. The predicted molar refractivity (Wildman–Crippen MR) is 83.8 cm³/mol. The lowest BCUT2D eigenvalue weighted by Crippen LogP contribution is -2.33. The number of hydrogen-bond acceptors (Lipinski definition) is 6. The molecule has 6 nitrogen and oxygen atoms in total. The summed E-state index contributed by atoms with van der Waals surface area (Å²) in [6.07, 6.45) is 6.77. The van der Waals surface area contributed by atoms with Gasteiger partial charge in [0.1, 0.15) is 12.4 Å². The van der Waals surface area contributed by atoms with Crippen molar-refractivity contribution in [3.63, 3.8) is 0 Å². The Morgan fingerprint density at radius 3 is 3.00 bits per heavy atom. The van der Waals surface area contributed by atoms with Crippen molar-refractivity contribution < 1.29 is 14.6 Å². The molecule has 0 saturated carbocycles. The van der Waals surface area contributed by atoms with Gasteiger partial charge in [0.25, 0.3) is 0 Å². The number of aromatic nitrogens is 1. The van der Waals surface area contributed by atoms with Gasteiger partial charge in [-0.05, 0) is 31.0 Å². The van der Waals surface area contributed by atoms with Gasteiger partial charge in [0.05, 0.1) is 6.54 Å². The number of pyridine rings is 1. The summed E-state index contributed by atoms with van der Waals surface area (Å²) in [4.78, 5) is 18.1. The molecule has 1 unspecified atom stereocenters.